The van der Waals surface area contributed by atoms with Gasteiger partial charge in [0, 0.05) is 0 Å². The van der Waals surface area contributed by atoms with Crippen LogP contribution < -0.4 is 0 Å². The minimum absolute atomic E-state index is 0.102. The average molecular weight is 745 g/mol. The van der Waals surface area contributed by atoms with Gasteiger partial charge in [0.05, 0.1) is 0 Å². The third-order valence-electron chi connectivity index (χ3n) is 7.97. The fourth-order valence-electron chi connectivity index (χ4n) is 5.80. The summed E-state index contributed by atoms with van der Waals surface area (Å²) in [6.45, 7) is 2.30. The Balaban J connectivity index is 1.03. The van der Waals surface area contributed by atoms with Gasteiger partial charge in [-0.1, -0.05) is 26.2 Å². The van der Waals surface area contributed by atoms with Gasteiger partial charge in [0.25, 0.3) is 0 Å². The first-order chi connectivity index (χ1) is 19.3. The predicted molar refractivity (Wildman–Crippen MR) is 182 cm³/mol. The molecule has 0 aliphatic rings. The first-order valence-corrected chi connectivity index (χ1v) is 21.2. The third-order valence-corrected chi connectivity index (χ3v) is 16.8. The molecule has 7 aromatic rings. The van der Waals surface area contributed by atoms with E-state index in [4.69, 9.17) is 0 Å². The van der Waals surface area contributed by atoms with Crippen molar-refractivity contribution in [1.82, 2.24) is 0 Å². The Morgan fingerprint density at radius 3 is 2.13 bits per heavy atom. The van der Waals surface area contributed by atoms with Gasteiger partial charge in [-0.05, 0) is 0 Å². The molecule has 0 radical (unpaired) electrons. The van der Waals surface area contributed by atoms with E-state index in [9.17, 15) is 0 Å². The molecule has 0 spiro atoms. The maximum atomic E-state index is 2.52. The summed E-state index contributed by atoms with van der Waals surface area (Å²) in [7, 11) is 0. The number of unbranched alkanes of at least 4 members (excludes halogenated alkanes) is 9. The van der Waals surface area contributed by atoms with Crippen molar-refractivity contribution in [3.05, 3.63) is 57.5 Å². The Morgan fingerprint density at radius 2 is 1.36 bits per heavy atom. The summed E-state index contributed by atoms with van der Waals surface area (Å²) in [6, 6.07) is 19.7. The molecule has 7 rings (SSSR count). The molecule has 0 N–H and O–H groups in total. The van der Waals surface area contributed by atoms with E-state index in [1.165, 1.54) is 116 Å². The van der Waals surface area contributed by atoms with E-state index < -0.39 is 0 Å². The molecule has 5 heteroatoms. The quantitative estimate of drug-likeness (QED) is 0.0863. The fraction of sp³-hybridized carbons (Fsp3) is 0.353. The minimum atomic E-state index is -0.102. The van der Waals surface area contributed by atoms with Crippen LogP contribution >= 0.6 is 34.0 Å². The first-order valence-electron chi connectivity index (χ1n) is 14.6. The van der Waals surface area contributed by atoms with E-state index in [-0.39, 0.29) is 20.4 Å². The SMILES string of the molecule is CCCCCCCCCCCCc1ccc(-c2cc3cc4c(cc3[se]2)sc2c3cc5cc[te]c5cc3sc42)s1. The summed E-state index contributed by atoms with van der Waals surface area (Å²) in [6.07, 6.45) is 15.4. The monoisotopic (exact) mass is 748 g/mol. The van der Waals surface area contributed by atoms with Crippen LogP contribution in [0, 0.1) is 0 Å². The van der Waals surface area contributed by atoms with Crippen LogP contribution in [0.3, 0.4) is 0 Å². The van der Waals surface area contributed by atoms with Crippen molar-refractivity contribution in [2.24, 2.45) is 0 Å². The molecule has 5 heterocycles. The van der Waals surface area contributed by atoms with Gasteiger partial charge in [0.1, 0.15) is 0 Å². The second-order valence-electron chi connectivity index (χ2n) is 10.9. The molecule has 5 aromatic heterocycles. The van der Waals surface area contributed by atoms with E-state index in [0.29, 0.717) is 14.5 Å². The van der Waals surface area contributed by atoms with Gasteiger partial charge in [0.2, 0.25) is 0 Å². The van der Waals surface area contributed by atoms with E-state index in [0.717, 1.165) is 0 Å². The number of rotatable bonds is 12. The van der Waals surface area contributed by atoms with Crippen LogP contribution in [0.4, 0.5) is 0 Å². The van der Waals surface area contributed by atoms with Crippen molar-refractivity contribution in [3.63, 3.8) is 0 Å². The molecule has 0 fully saturated rings. The number of hydrogen-bond donors (Lipinski definition) is 0. The van der Waals surface area contributed by atoms with Crippen molar-refractivity contribution in [2.45, 2.75) is 77.6 Å². The summed E-state index contributed by atoms with van der Waals surface area (Å²) in [5.41, 5.74) is 0. The first kappa shape index (κ1) is 27.0. The predicted octanol–water partition coefficient (Wildman–Crippen LogP) is 11.9. The Hall–Kier alpha value is -0.891. The molecular weight excluding hydrogens is 711 g/mol. The molecule has 0 saturated heterocycles. The van der Waals surface area contributed by atoms with Gasteiger partial charge in [-0.25, -0.2) is 0 Å². The third kappa shape index (κ3) is 5.63. The summed E-state index contributed by atoms with van der Waals surface area (Å²) >= 11 is 6.40. The second-order valence-corrected chi connectivity index (χ2v) is 19.1. The van der Waals surface area contributed by atoms with Crippen molar-refractivity contribution in [3.8, 4) is 9.31 Å². The molecule has 0 bridgehead atoms. The summed E-state index contributed by atoms with van der Waals surface area (Å²) in [4.78, 5) is 3.09. The van der Waals surface area contributed by atoms with Gasteiger partial charge in [-0.15, -0.1) is 0 Å². The average Bonchev–Trinajstić information content (AvgIpc) is 3.75. The summed E-state index contributed by atoms with van der Waals surface area (Å²) < 4.78 is 13.2. The van der Waals surface area contributed by atoms with Crippen LogP contribution in [-0.2, 0) is 6.42 Å². The van der Waals surface area contributed by atoms with Crippen LogP contribution in [-0.4, -0.2) is 34.9 Å². The van der Waals surface area contributed by atoms with Gasteiger partial charge in [-0.2, -0.15) is 0 Å². The molecule has 0 amide bonds. The van der Waals surface area contributed by atoms with Crippen molar-refractivity contribution < 1.29 is 0 Å². The Bertz CT molecular complexity index is 1870. The maximum absolute atomic E-state index is 2.52. The van der Waals surface area contributed by atoms with Crippen molar-refractivity contribution in [2.75, 3.05) is 0 Å². The summed E-state index contributed by atoms with van der Waals surface area (Å²) in [5.74, 6) is 0. The zero-order valence-electron chi connectivity index (χ0n) is 22.5. The van der Waals surface area contributed by atoms with E-state index in [2.05, 4.69) is 70.9 Å². The zero-order chi connectivity index (χ0) is 26.2. The number of thiophene rings is 3. The number of aryl methyl sites for hydroxylation is 1. The molecular formula is C34H34S3SeTe. The fourth-order valence-corrected chi connectivity index (χ4v) is 14.7. The Morgan fingerprint density at radius 1 is 0.667 bits per heavy atom. The molecule has 0 unspecified atom stereocenters. The number of hydrogen-bond acceptors (Lipinski definition) is 3. The van der Waals surface area contributed by atoms with Crippen molar-refractivity contribution >= 4 is 117 Å². The summed E-state index contributed by atoms with van der Waals surface area (Å²) in [5, 5.41) is 5.90. The van der Waals surface area contributed by atoms with Gasteiger partial charge in [0.15, 0.2) is 0 Å². The van der Waals surface area contributed by atoms with Crippen LogP contribution in [0.1, 0.15) is 76.0 Å². The number of benzene rings is 2. The van der Waals surface area contributed by atoms with E-state index >= 15 is 0 Å². The molecule has 2 aromatic carbocycles. The van der Waals surface area contributed by atoms with Gasteiger partial charge >= 0.3 is 235 Å². The molecule has 0 saturated carbocycles. The standard InChI is InChI=1S/C34H34S3SeTe/c1-2-3-4-5-6-7-8-9-10-11-12-24-13-14-27(35-24)31-19-23-18-26-28(20-30(23)38-31)36-33-25-17-22-15-16-39-32(22)21-29(25)37-34(26)33/h13-21H,2-12H2,1H3. The van der Waals surface area contributed by atoms with Crippen LogP contribution in [0.15, 0.2) is 52.6 Å². The zero-order valence-corrected chi connectivity index (χ0v) is 29.0. The van der Waals surface area contributed by atoms with Crippen LogP contribution in [0.5, 0.6) is 0 Å². The Kier molecular flexibility index (Phi) is 8.40. The van der Waals surface area contributed by atoms with Gasteiger partial charge in [-0.3, -0.25) is 0 Å². The number of fused-ring (bicyclic) bond motifs is 7. The van der Waals surface area contributed by atoms with Gasteiger partial charge < -0.3 is 0 Å². The molecule has 39 heavy (non-hydrogen) atoms. The topological polar surface area (TPSA) is 0 Å². The molecule has 0 aliphatic carbocycles. The Labute approximate surface area is 259 Å². The van der Waals surface area contributed by atoms with E-state index in [1.54, 1.807) is 17.0 Å². The van der Waals surface area contributed by atoms with Crippen molar-refractivity contribution in [1.29, 1.82) is 0 Å². The van der Waals surface area contributed by atoms with Crippen LogP contribution in [0.2, 0.25) is 0 Å². The molecule has 0 aliphatic heterocycles. The second kappa shape index (κ2) is 12.1. The van der Waals surface area contributed by atoms with E-state index in [1.807, 2.05) is 22.7 Å². The van der Waals surface area contributed by atoms with Crippen LogP contribution in [0.25, 0.3) is 57.3 Å². The normalized spacial score (nSPS) is 12.3. The molecule has 0 nitrogen and oxygen atoms in total. The molecule has 0 atom stereocenters. The molecule has 200 valence electrons.